The number of primary amides is 1. The zero-order valence-corrected chi connectivity index (χ0v) is 73.4. The third kappa shape index (κ3) is 24.7. The van der Waals surface area contributed by atoms with E-state index in [1.807, 2.05) is 13.0 Å². The maximum absolute atomic E-state index is 12.5. The molecule has 5 aromatic carbocycles. The van der Waals surface area contributed by atoms with E-state index >= 15 is 0 Å². The average molecular weight is 1970 g/mol. The molecule has 135 heavy (non-hydrogen) atoms. The number of pyridine rings is 4. The number of primary sulfonamides is 1. The van der Waals surface area contributed by atoms with Crippen molar-refractivity contribution in [2.24, 2.45) is 10.9 Å². The minimum absolute atomic E-state index is 0.00551. The van der Waals surface area contributed by atoms with Crippen LogP contribution in [0.5, 0.6) is 0 Å². The Hall–Kier alpha value is -18.9. The number of hydrogen-bond acceptors (Lipinski definition) is 26. The highest BCUT2D eigenvalue weighted by atomic mass is 79.9. The number of aryl methyl sites for hydroxylation is 2. The molecular weight excluding hydrogens is 1910 g/mol. The second kappa shape index (κ2) is 43.7. The lowest BCUT2D eigenvalue weighted by atomic mass is 10.2. The van der Waals surface area contributed by atoms with Crippen LogP contribution < -0.4 is 48.1 Å². The number of anilines is 6. The highest BCUT2D eigenvalue weighted by molar-refractivity contribution is 9.10. The fourth-order valence-corrected chi connectivity index (χ4v) is 12.8. The van der Waals surface area contributed by atoms with Gasteiger partial charge >= 0.3 is 35.9 Å². The monoisotopic (exact) mass is 1970 g/mol. The van der Waals surface area contributed by atoms with E-state index in [0.717, 1.165) is 31.5 Å². The van der Waals surface area contributed by atoms with Gasteiger partial charge in [-0.3, -0.25) is 38.7 Å². The van der Waals surface area contributed by atoms with Crippen molar-refractivity contribution in [1.82, 2.24) is 84.1 Å². The molecule has 0 aliphatic carbocycles. The summed E-state index contributed by atoms with van der Waals surface area (Å²) in [5, 5.41) is 99.1. The number of urea groups is 1. The Labute approximate surface area is 776 Å². The molecular formula is C86H65Br2N27O19S. The number of carbonyl (C=O) groups excluding carboxylic acids is 7. The van der Waals surface area contributed by atoms with Crippen molar-refractivity contribution in [3.05, 3.63) is 344 Å². The summed E-state index contributed by atoms with van der Waals surface area (Å²) in [6, 6.07) is 44.2. The summed E-state index contributed by atoms with van der Waals surface area (Å²) < 4.78 is 30.3. The molecule has 49 heteroatoms. The maximum atomic E-state index is 12.5. The van der Waals surface area contributed by atoms with Crippen LogP contribution in [-0.4, -0.2) is 191 Å². The molecule has 15 aromatic rings. The number of aromatic carboxylic acids is 5. The number of benzene rings is 5. The van der Waals surface area contributed by atoms with Crippen LogP contribution in [0.25, 0.3) is 33.4 Å². The lowest BCUT2D eigenvalue weighted by molar-refractivity contribution is 0.0677. The fraction of sp³-hybridized carbons (Fsp3) is 0.0349. The SMILES string of the molecule is CNC(=O)c1cc(C(=O)Nc2cnn(-c3ccncc3)c2C(=O)O)ccn1.Cc1ccc(-n2ncc(NC(=O)c3cccc(S(N)(=O)=O)c3)c2C(=O)O)cc1.Cc1ncc(-n2ncc(NC(=O)c3ccc(Br)cc3)c2C(=O)O)cn1.N#Cc1cc(C(=O)Nc2cnn(-c3cc(NC(N)=O)ccn3)c2C(=O)O)ccn1.[C-]#[N+]c1cccc(-n2ncc(NC(=O)c3ccc(Br)cc3)c2C(=O)O)c1. The molecule has 8 amide bonds. The molecule has 0 saturated heterocycles. The van der Waals surface area contributed by atoms with Gasteiger partial charge in [0.15, 0.2) is 40.0 Å². The van der Waals surface area contributed by atoms with Gasteiger partial charge in [-0.1, -0.05) is 67.8 Å². The number of amides is 8. The third-order valence-corrected chi connectivity index (χ3v) is 20.0. The summed E-state index contributed by atoms with van der Waals surface area (Å²) in [7, 11) is -2.53. The number of hydrogen-bond donors (Lipinski definition) is 14. The molecule has 46 nitrogen and oxygen atoms in total. The van der Waals surface area contributed by atoms with E-state index in [0.29, 0.717) is 45.4 Å². The zero-order valence-electron chi connectivity index (χ0n) is 69.4. The van der Waals surface area contributed by atoms with Crippen molar-refractivity contribution >= 4 is 153 Å². The van der Waals surface area contributed by atoms with E-state index in [4.69, 9.17) is 22.7 Å². The molecule has 0 atom stereocenters. The van der Waals surface area contributed by atoms with Gasteiger partial charge in [0, 0.05) is 86.5 Å². The summed E-state index contributed by atoms with van der Waals surface area (Å²) in [4.78, 5) is 170. The molecule has 0 spiro atoms. The van der Waals surface area contributed by atoms with E-state index in [9.17, 15) is 91.5 Å². The molecule has 10 aromatic heterocycles. The van der Waals surface area contributed by atoms with Crippen LogP contribution in [0.15, 0.2) is 258 Å². The summed E-state index contributed by atoms with van der Waals surface area (Å²) >= 11 is 6.58. The van der Waals surface area contributed by atoms with E-state index in [1.54, 1.807) is 110 Å². The van der Waals surface area contributed by atoms with Gasteiger partial charge in [-0.15, -0.1) is 0 Å². The molecule has 0 fully saturated rings. The van der Waals surface area contributed by atoms with Crippen molar-refractivity contribution < 1.29 is 91.5 Å². The molecule has 0 radical (unpaired) electrons. The smallest absolute Gasteiger partial charge is 0.356 e. The number of nitrogens with two attached hydrogens (primary N) is 2. The first-order valence-electron chi connectivity index (χ1n) is 38.1. The van der Waals surface area contributed by atoms with Crippen LogP contribution in [0.1, 0.15) is 132 Å². The van der Waals surface area contributed by atoms with Crippen LogP contribution in [0.2, 0.25) is 0 Å². The number of carbonyl (C=O) groups is 12. The maximum Gasteiger partial charge on any atom is 0.356 e. The Bertz CT molecular complexity index is 7320. The fourth-order valence-electron chi connectivity index (χ4n) is 11.7. The van der Waals surface area contributed by atoms with Crippen LogP contribution >= 0.6 is 31.9 Å². The van der Waals surface area contributed by atoms with Gasteiger partial charge in [-0.2, -0.15) is 30.8 Å². The van der Waals surface area contributed by atoms with Gasteiger partial charge < -0.3 is 68.5 Å². The highest BCUT2D eigenvalue weighted by Gasteiger charge is 2.29. The number of carboxylic acid groups (broad SMARTS) is 5. The Balaban J connectivity index is 0.000000162. The first-order valence-corrected chi connectivity index (χ1v) is 41.2. The van der Waals surface area contributed by atoms with Gasteiger partial charge in [0.05, 0.1) is 100 Å². The molecule has 678 valence electrons. The number of halogens is 2. The second-order valence-corrected chi connectivity index (χ2v) is 30.5. The van der Waals surface area contributed by atoms with Gasteiger partial charge in [0.2, 0.25) is 10.0 Å². The molecule has 15 rings (SSSR count). The quantitative estimate of drug-likeness (QED) is 0.0265. The average Bonchev–Trinajstić information content (AvgIpc) is 1.69. The van der Waals surface area contributed by atoms with Crippen molar-refractivity contribution in [3.63, 3.8) is 0 Å². The van der Waals surface area contributed by atoms with Crippen LogP contribution in [0, 0.1) is 31.8 Å². The molecule has 0 aliphatic rings. The first kappa shape index (κ1) is 96.7. The number of sulfonamides is 1. The molecule has 0 bridgehead atoms. The molecule has 0 unspecified atom stereocenters. The Morgan fingerprint density at radius 1 is 0.415 bits per heavy atom. The third-order valence-electron chi connectivity index (χ3n) is 18.0. The summed E-state index contributed by atoms with van der Waals surface area (Å²) in [6.45, 7) is 10.7. The molecule has 10 heterocycles. The van der Waals surface area contributed by atoms with E-state index in [1.165, 1.54) is 155 Å². The summed E-state index contributed by atoms with van der Waals surface area (Å²) in [5.41, 5.74) is 8.50. The number of nitrogens with one attached hydrogen (secondary N) is 7. The topological polar surface area (TPSA) is 671 Å². The van der Waals surface area contributed by atoms with Gasteiger partial charge in [-0.25, -0.2) is 90.5 Å². The Morgan fingerprint density at radius 2 is 0.822 bits per heavy atom. The Morgan fingerprint density at radius 3 is 1.27 bits per heavy atom. The molecule has 0 saturated carbocycles. The number of rotatable bonds is 23. The van der Waals surface area contributed by atoms with Crippen molar-refractivity contribution in [3.8, 4) is 34.6 Å². The van der Waals surface area contributed by atoms with Crippen molar-refractivity contribution in [1.29, 1.82) is 5.26 Å². The standard InChI is InChI=1S/C18H11BrN4O3.C18H16N4O5S.C17H12N8O4.C17H14N6O4.C16H12BrN5O3/c1-20-13-3-2-4-14(9-13)23-16(18(25)26)15(10-21-23)22-17(24)11-5-7-12(19)8-6-11;1-11-5-7-13(8-6-11)22-16(18(24)25)15(10-20-22)21-17(23)12-3-2-4-14(9-12)28(19,26)27;18-7-11-5-9(1-3-20-11)15(26)24-12-8-22-25(14(12)16(27)28)13-6-10(2-4-21-13)23-17(19)29;1-18-16(25)12-8-10(2-7-20-12)15(24)22-13-9-21-23(14(13)17(26)27)11-3-5-19-6-4-11;1-9-18-6-12(7-19-9)22-14(16(24)25)13(8-20-22)21-15(23)10-2-4-11(17)5-3-10/h2-10H,(H,22,24)(H,25,26);2-10H,1H3,(H,21,23)(H,24,25)(H2,19,26,27);1-6,8H,(H,24,26)(H,27,28)(H3,19,21,23,29);2-9H,1H3,(H,18,25)(H,22,24)(H,26,27);2-8H,1H3,(H,21,23)(H,24,25). The van der Waals surface area contributed by atoms with E-state index in [2.05, 4.69) is 129 Å². The summed E-state index contributed by atoms with van der Waals surface area (Å²) in [5.74, 6) is -9.05. The van der Waals surface area contributed by atoms with Crippen LogP contribution in [0.4, 0.5) is 44.6 Å². The first-order chi connectivity index (χ1) is 64.5. The second-order valence-electron chi connectivity index (χ2n) is 27.1. The van der Waals surface area contributed by atoms with Crippen molar-refractivity contribution in [2.45, 2.75) is 18.7 Å². The van der Waals surface area contributed by atoms with Gasteiger partial charge in [0.1, 0.15) is 29.0 Å². The highest BCUT2D eigenvalue weighted by Crippen LogP contribution is 2.29. The van der Waals surface area contributed by atoms with Gasteiger partial charge in [-0.05, 0) is 147 Å². The minimum Gasteiger partial charge on any atom is -0.476 e. The normalized spacial score (nSPS) is 10.4. The van der Waals surface area contributed by atoms with E-state index < -0.39 is 81.3 Å². The molecule has 0 aliphatic heterocycles. The predicted octanol–water partition coefficient (Wildman–Crippen LogP) is 10.5. The zero-order chi connectivity index (χ0) is 97.5. The van der Waals surface area contributed by atoms with Crippen LogP contribution in [0.3, 0.4) is 0 Å². The lowest BCUT2D eigenvalue weighted by Gasteiger charge is -2.08. The number of aromatic nitrogens is 16. The Kier molecular flexibility index (Phi) is 31.4. The summed E-state index contributed by atoms with van der Waals surface area (Å²) in [6.07, 6.45) is 16.0. The van der Waals surface area contributed by atoms with E-state index in [-0.39, 0.29) is 101 Å². The molecule has 16 N–H and O–H groups in total. The van der Waals surface area contributed by atoms with Gasteiger partial charge in [0.25, 0.3) is 35.4 Å². The number of nitrogens with zero attached hydrogens (tertiary/aromatic N) is 18. The van der Waals surface area contributed by atoms with Crippen LogP contribution in [-0.2, 0) is 10.0 Å². The minimum atomic E-state index is -3.98. The number of nitriles is 1. The number of carboxylic acids is 5. The predicted molar refractivity (Wildman–Crippen MR) is 485 cm³/mol. The van der Waals surface area contributed by atoms with Crippen molar-refractivity contribution in [2.75, 3.05) is 38.9 Å². The lowest BCUT2D eigenvalue weighted by Crippen LogP contribution is -2.21. The largest absolute Gasteiger partial charge is 0.476 e.